The summed E-state index contributed by atoms with van der Waals surface area (Å²) in [5.41, 5.74) is -5.16. The molecule has 1 aromatic rings. The minimum Gasteiger partial charge on any atom is -0.268 e. The van der Waals surface area contributed by atoms with E-state index in [0.717, 1.165) is 6.08 Å². The van der Waals surface area contributed by atoms with Gasteiger partial charge in [-0.1, -0.05) is 17.7 Å². The van der Waals surface area contributed by atoms with E-state index in [1.54, 1.807) is 0 Å². The number of benzene rings is 1. The molecule has 9 heteroatoms. The second-order valence-corrected chi connectivity index (χ2v) is 5.72. The molecule has 3 nitrogen and oxygen atoms in total. The molecule has 22 heavy (non-hydrogen) atoms. The Hall–Kier alpha value is -1.41. The highest BCUT2D eigenvalue weighted by atomic mass is 79.9. The molecule has 1 heterocycles. The lowest BCUT2D eigenvalue weighted by Gasteiger charge is -2.20. The maximum Gasteiger partial charge on any atom is 0.434 e. The topological polar surface area (TPSA) is 32.7 Å². The Bertz CT molecular complexity index is 676. The summed E-state index contributed by atoms with van der Waals surface area (Å²) in [7, 11) is 0. The van der Waals surface area contributed by atoms with Gasteiger partial charge in [0.05, 0.1) is 10.7 Å². The van der Waals surface area contributed by atoms with Crippen LogP contribution < -0.4 is 5.01 Å². The van der Waals surface area contributed by atoms with Crippen LogP contribution in [0.3, 0.4) is 0 Å². The number of anilines is 1. The highest BCUT2D eigenvalue weighted by Crippen LogP contribution is 2.39. The molecule has 0 radical (unpaired) electrons. The third-order valence-electron chi connectivity index (χ3n) is 2.95. The summed E-state index contributed by atoms with van der Waals surface area (Å²) in [4.78, 5) is 12.1. The molecule has 0 N–H and O–H groups in total. The van der Waals surface area contributed by atoms with Crippen molar-refractivity contribution in [2.75, 3.05) is 5.01 Å². The van der Waals surface area contributed by atoms with E-state index in [-0.39, 0.29) is 10.7 Å². The molecule has 1 aliphatic heterocycles. The number of rotatable bonds is 3. The summed E-state index contributed by atoms with van der Waals surface area (Å²) in [5.74, 6) is -1.43. The van der Waals surface area contributed by atoms with Crippen LogP contribution >= 0.6 is 27.5 Å². The van der Waals surface area contributed by atoms with Crippen molar-refractivity contribution in [3.8, 4) is 0 Å². The van der Waals surface area contributed by atoms with Crippen LogP contribution in [0.1, 0.15) is 6.42 Å². The Morgan fingerprint density at radius 2 is 2.09 bits per heavy atom. The summed E-state index contributed by atoms with van der Waals surface area (Å²) >= 11 is 8.94. The van der Waals surface area contributed by atoms with Crippen LogP contribution in [-0.2, 0) is 4.79 Å². The second-order valence-electron chi connectivity index (χ2n) is 4.46. The maximum atomic E-state index is 14.6. The van der Waals surface area contributed by atoms with Crippen LogP contribution in [0.2, 0.25) is 5.02 Å². The molecule has 2 rings (SSSR count). The van der Waals surface area contributed by atoms with Gasteiger partial charge in [-0.3, -0.25) is 4.79 Å². The highest BCUT2D eigenvalue weighted by molar-refractivity contribution is 9.10. The van der Waals surface area contributed by atoms with Crippen LogP contribution in [-0.4, -0.2) is 23.5 Å². The van der Waals surface area contributed by atoms with Gasteiger partial charge in [-0.2, -0.15) is 23.3 Å². The number of carbonyl (C=O) groups is 1. The van der Waals surface area contributed by atoms with E-state index in [1.807, 2.05) is 0 Å². The number of nitrogens with zero attached hydrogens (tertiary/aromatic N) is 2. The number of amides is 1. The number of hydrazone groups is 1. The molecule has 1 atom stereocenters. The van der Waals surface area contributed by atoms with E-state index < -0.39 is 29.9 Å². The first kappa shape index (κ1) is 17.0. The Labute approximate surface area is 136 Å². The fourth-order valence-corrected chi connectivity index (χ4v) is 2.37. The number of hydrogen-bond acceptors (Lipinski definition) is 2. The average Bonchev–Trinajstić information content (AvgIpc) is 2.66. The van der Waals surface area contributed by atoms with Crippen molar-refractivity contribution in [1.82, 2.24) is 0 Å². The zero-order valence-electron chi connectivity index (χ0n) is 10.8. The Morgan fingerprint density at radius 3 is 2.59 bits per heavy atom. The SMILES string of the molecule is C=CCC1(F)C(=O)N(c2ccc(Br)c(Cl)c2)N=C1C(F)(F)F. The molecule has 1 amide bonds. The van der Waals surface area contributed by atoms with Gasteiger partial charge in [-0.25, -0.2) is 4.39 Å². The maximum absolute atomic E-state index is 14.6. The van der Waals surface area contributed by atoms with Crippen LogP contribution in [0.5, 0.6) is 0 Å². The van der Waals surface area contributed by atoms with Gasteiger partial charge in [-0.15, -0.1) is 6.58 Å². The molecular weight excluding hydrogens is 392 g/mol. The second kappa shape index (κ2) is 5.66. The van der Waals surface area contributed by atoms with Crippen LogP contribution in [0, 0.1) is 0 Å². The third-order valence-corrected chi connectivity index (χ3v) is 4.18. The zero-order chi connectivity index (χ0) is 16.7. The molecule has 0 spiro atoms. The van der Waals surface area contributed by atoms with E-state index >= 15 is 0 Å². The van der Waals surface area contributed by atoms with Crippen LogP contribution in [0.15, 0.2) is 40.4 Å². The first-order chi connectivity index (χ1) is 10.1. The zero-order valence-corrected chi connectivity index (χ0v) is 13.1. The predicted molar refractivity (Wildman–Crippen MR) is 78.8 cm³/mol. The molecule has 0 fully saturated rings. The molecule has 1 aliphatic rings. The van der Waals surface area contributed by atoms with Gasteiger partial charge in [-0.05, 0) is 34.1 Å². The minimum absolute atomic E-state index is 0.0662. The standard InChI is InChI=1S/C13H8BrClF4N2O/c1-2-5-12(16)10(13(17,18)19)20-21(11(12)22)7-3-4-8(14)9(15)6-7/h2-4,6H,1,5H2. The highest BCUT2D eigenvalue weighted by Gasteiger charge is 2.61. The first-order valence-corrected chi connectivity index (χ1v) is 7.04. The van der Waals surface area contributed by atoms with Crippen molar-refractivity contribution < 1.29 is 22.4 Å². The van der Waals surface area contributed by atoms with Crippen molar-refractivity contribution in [2.24, 2.45) is 5.10 Å². The summed E-state index contributed by atoms with van der Waals surface area (Å²) in [6, 6.07) is 3.92. The van der Waals surface area contributed by atoms with Gasteiger partial charge in [0.2, 0.25) is 5.67 Å². The number of carbonyl (C=O) groups excluding carboxylic acids is 1. The quantitative estimate of drug-likeness (QED) is 0.538. The average molecular weight is 400 g/mol. The van der Waals surface area contributed by atoms with Crippen molar-refractivity contribution in [2.45, 2.75) is 18.3 Å². The molecule has 0 aromatic heterocycles. The van der Waals surface area contributed by atoms with Gasteiger partial charge in [0.15, 0.2) is 5.71 Å². The number of allylic oxidation sites excluding steroid dienone is 1. The summed E-state index contributed by atoms with van der Waals surface area (Å²) in [5, 5.41) is 3.64. The largest absolute Gasteiger partial charge is 0.434 e. The molecule has 0 bridgehead atoms. The molecule has 1 unspecified atom stereocenters. The van der Waals surface area contributed by atoms with Crippen molar-refractivity contribution in [3.05, 3.63) is 40.3 Å². The Kier molecular flexibility index (Phi) is 4.36. The molecule has 0 saturated heterocycles. The van der Waals surface area contributed by atoms with E-state index in [1.165, 1.54) is 18.2 Å². The van der Waals surface area contributed by atoms with Crippen LogP contribution in [0.25, 0.3) is 0 Å². The minimum atomic E-state index is -5.08. The van der Waals surface area contributed by atoms with Crippen molar-refractivity contribution in [3.63, 3.8) is 0 Å². The van der Waals surface area contributed by atoms with Crippen LogP contribution in [0.4, 0.5) is 23.2 Å². The van der Waals surface area contributed by atoms with Crippen molar-refractivity contribution >= 4 is 44.8 Å². The lowest BCUT2D eigenvalue weighted by Crippen LogP contribution is -2.47. The summed E-state index contributed by atoms with van der Waals surface area (Å²) in [6.07, 6.45) is -5.01. The number of alkyl halides is 4. The number of hydrogen-bond donors (Lipinski definition) is 0. The van der Waals surface area contributed by atoms with E-state index in [4.69, 9.17) is 11.6 Å². The predicted octanol–water partition coefficient (Wildman–Crippen LogP) is 4.65. The lowest BCUT2D eigenvalue weighted by molar-refractivity contribution is -0.127. The van der Waals surface area contributed by atoms with Crippen molar-refractivity contribution in [1.29, 1.82) is 0 Å². The first-order valence-electron chi connectivity index (χ1n) is 5.87. The smallest absolute Gasteiger partial charge is 0.268 e. The third kappa shape index (κ3) is 2.77. The van der Waals surface area contributed by atoms with Gasteiger partial charge in [0, 0.05) is 10.9 Å². The summed E-state index contributed by atoms with van der Waals surface area (Å²) in [6.45, 7) is 3.18. The molecule has 0 aliphatic carbocycles. The molecule has 1 aromatic carbocycles. The monoisotopic (exact) mass is 398 g/mol. The summed E-state index contributed by atoms with van der Waals surface area (Å²) < 4.78 is 54.0. The Balaban J connectivity index is 2.54. The molecule has 0 saturated carbocycles. The fraction of sp³-hybridized carbons (Fsp3) is 0.231. The Morgan fingerprint density at radius 1 is 1.45 bits per heavy atom. The van der Waals surface area contributed by atoms with Gasteiger partial charge >= 0.3 is 6.18 Å². The van der Waals surface area contributed by atoms with E-state index in [9.17, 15) is 22.4 Å². The lowest BCUT2D eigenvalue weighted by atomic mass is 9.95. The van der Waals surface area contributed by atoms with Gasteiger partial charge in [0.1, 0.15) is 0 Å². The fourth-order valence-electron chi connectivity index (χ4n) is 1.95. The molecule has 118 valence electrons. The van der Waals surface area contributed by atoms with E-state index in [2.05, 4.69) is 27.6 Å². The van der Waals surface area contributed by atoms with E-state index in [0.29, 0.717) is 9.48 Å². The van der Waals surface area contributed by atoms with Gasteiger partial charge < -0.3 is 0 Å². The normalized spacial score (nSPS) is 22.0. The van der Waals surface area contributed by atoms with Gasteiger partial charge in [0.25, 0.3) is 5.91 Å². The molecular formula is C13H8BrClF4N2O. The number of halogens is 6.